The van der Waals surface area contributed by atoms with E-state index in [1.807, 2.05) is 37.3 Å². The Morgan fingerprint density at radius 3 is 2.74 bits per heavy atom. The lowest BCUT2D eigenvalue weighted by atomic mass is 10.1. The molecule has 4 nitrogen and oxygen atoms in total. The Labute approximate surface area is 120 Å². The number of piperazine rings is 1. The van der Waals surface area contributed by atoms with Crippen molar-refractivity contribution < 1.29 is 9.53 Å². The Morgan fingerprint density at radius 1 is 1.37 bits per heavy atom. The van der Waals surface area contributed by atoms with Gasteiger partial charge in [-0.2, -0.15) is 0 Å². The first-order valence-corrected chi connectivity index (χ1v) is 6.37. The number of nitrogens with zero attached hydrogens (tertiary/aromatic N) is 1. The number of hydrogen-bond donors (Lipinski definition) is 1. The topological polar surface area (TPSA) is 41.6 Å². The van der Waals surface area contributed by atoms with Crippen LogP contribution in [0.3, 0.4) is 0 Å². The molecule has 0 spiro atoms. The predicted octanol–water partition coefficient (Wildman–Crippen LogP) is 2.43. The van der Waals surface area contributed by atoms with Gasteiger partial charge in [0, 0.05) is 25.2 Å². The number of hydrogen-bond acceptors (Lipinski definition) is 3. The zero-order valence-corrected chi connectivity index (χ0v) is 12.2. The summed E-state index contributed by atoms with van der Waals surface area (Å²) >= 11 is 0. The minimum atomic E-state index is -0.222. The van der Waals surface area contributed by atoms with Crippen LogP contribution >= 0.6 is 12.4 Å². The number of ether oxygens (including phenoxy) is 1. The highest BCUT2D eigenvalue weighted by Gasteiger charge is 2.27. The van der Waals surface area contributed by atoms with Gasteiger partial charge in [-0.05, 0) is 19.4 Å². The van der Waals surface area contributed by atoms with Crippen molar-refractivity contribution in [2.24, 2.45) is 0 Å². The fourth-order valence-corrected chi connectivity index (χ4v) is 2.08. The summed E-state index contributed by atoms with van der Waals surface area (Å²) in [6.07, 6.45) is -0.222. The van der Waals surface area contributed by atoms with E-state index in [0.717, 1.165) is 12.1 Å². The van der Waals surface area contributed by atoms with Gasteiger partial charge in [-0.25, -0.2) is 4.79 Å². The van der Waals surface area contributed by atoms with Gasteiger partial charge in [-0.3, -0.25) is 0 Å². The third-order valence-corrected chi connectivity index (χ3v) is 3.20. The van der Waals surface area contributed by atoms with Gasteiger partial charge >= 0.3 is 6.09 Å². The molecule has 1 aromatic carbocycles. The van der Waals surface area contributed by atoms with E-state index >= 15 is 0 Å². The molecule has 106 valence electrons. The van der Waals surface area contributed by atoms with Crippen LogP contribution in [0.1, 0.15) is 19.4 Å². The molecule has 1 heterocycles. The first-order chi connectivity index (χ1) is 8.66. The van der Waals surface area contributed by atoms with Gasteiger partial charge in [0.1, 0.15) is 6.61 Å². The van der Waals surface area contributed by atoms with Gasteiger partial charge in [0.05, 0.1) is 0 Å². The Balaban J connectivity index is 0.00000180. The van der Waals surface area contributed by atoms with Gasteiger partial charge in [0.25, 0.3) is 0 Å². The fraction of sp³-hybridized carbons (Fsp3) is 0.500. The molecular weight excluding hydrogens is 264 g/mol. The third-order valence-electron chi connectivity index (χ3n) is 3.20. The van der Waals surface area contributed by atoms with E-state index in [4.69, 9.17) is 4.74 Å². The highest BCUT2D eigenvalue weighted by molar-refractivity contribution is 5.85. The third kappa shape index (κ3) is 4.40. The molecule has 0 radical (unpaired) electrons. The standard InChI is InChI=1S/C14H20N2O2.ClH/c1-11-9-16(12(2)8-15-11)14(17)18-10-13-6-4-3-5-7-13;/h3-7,11-12,15H,8-10H2,1-2H3;1H/t11-,12+;/m1./s1. The van der Waals surface area contributed by atoms with Gasteiger partial charge in [-0.15, -0.1) is 12.4 Å². The summed E-state index contributed by atoms with van der Waals surface area (Å²) in [6.45, 7) is 5.97. The van der Waals surface area contributed by atoms with Gasteiger partial charge in [-0.1, -0.05) is 30.3 Å². The first kappa shape index (κ1) is 15.8. The highest BCUT2D eigenvalue weighted by atomic mass is 35.5. The van der Waals surface area contributed by atoms with Crippen molar-refractivity contribution in [3.8, 4) is 0 Å². The summed E-state index contributed by atoms with van der Waals surface area (Å²) < 4.78 is 5.35. The molecule has 0 unspecified atom stereocenters. The van der Waals surface area contributed by atoms with Gasteiger partial charge in [0.15, 0.2) is 0 Å². The SMILES string of the molecule is C[C@@H]1CN(C(=O)OCc2ccccc2)[C@@H](C)CN1.Cl. The van der Waals surface area contributed by atoms with E-state index in [9.17, 15) is 4.79 Å². The zero-order valence-electron chi connectivity index (χ0n) is 11.3. The molecule has 0 saturated carbocycles. The number of halogens is 1. The summed E-state index contributed by atoms with van der Waals surface area (Å²) in [5, 5.41) is 3.34. The van der Waals surface area contributed by atoms with Gasteiger partial charge < -0.3 is 15.0 Å². The maximum atomic E-state index is 12.0. The molecule has 1 saturated heterocycles. The maximum absolute atomic E-state index is 12.0. The van der Waals surface area contributed by atoms with Crippen LogP contribution in [0.4, 0.5) is 4.79 Å². The molecule has 5 heteroatoms. The van der Waals surface area contributed by atoms with Crippen molar-refractivity contribution in [3.63, 3.8) is 0 Å². The second-order valence-electron chi connectivity index (χ2n) is 4.85. The molecular formula is C14H21ClN2O2. The van der Waals surface area contributed by atoms with Crippen LogP contribution in [0.5, 0.6) is 0 Å². The van der Waals surface area contributed by atoms with E-state index in [1.54, 1.807) is 4.90 Å². The lowest BCUT2D eigenvalue weighted by Gasteiger charge is -2.36. The summed E-state index contributed by atoms with van der Waals surface area (Å²) in [4.78, 5) is 13.8. The number of amides is 1. The Hall–Kier alpha value is -1.26. The maximum Gasteiger partial charge on any atom is 0.410 e. The van der Waals surface area contributed by atoms with Crippen molar-refractivity contribution in [1.29, 1.82) is 0 Å². The molecule has 1 aliphatic rings. The molecule has 2 atom stereocenters. The van der Waals surface area contributed by atoms with E-state index in [0.29, 0.717) is 19.2 Å². The van der Waals surface area contributed by atoms with Crippen LogP contribution in [0.15, 0.2) is 30.3 Å². The number of benzene rings is 1. The smallest absolute Gasteiger partial charge is 0.410 e. The van der Waals surface area contributed by atoms with Crippen LogP contribution in [0.2, 0.25) is 0 Å². The monoisotopic (exact) mass is 284 g/mol. The van der Waals surface area contributed by atoms with Crippen LogP contribution in [-0.4, -0.2) is 36.2 Å². The molecule has 19 heavy (non-hydrogen) atoms. The van der Waals surface area contributed by atoms with Crippen molar-refractivity contribution in [1.82, 2.24) is 10.2 Å². The van der Waals surface area contributed by atoms with Crippen molar-refractivity contribution in [2.45, 2.75) is 32.5 Å². The van der Waals surface area contributed by atoms with Crippen LogP contribution in [0, 0.1) is 0 Å². The molecule has 2 rings (SSSR count). The van der Waals surface area contributed by atoms with Crippen LogP contribution < -0.4 is 5.32 Å². The molecule has 1 fully saturated rings. The molecule has 1 N–H and O–H groups in total. The van der Waals surface area contributed by atoms with Crippen molar-refractivity contribution >= 4 is 18.5 Å². The normalized spacial score (nSPS) is 22.5. The Morgan fingerprint density at radius 2 is 2.05 bits per heavy atom. The molecule has 0 bridgehead atoms. The highest BCUT2D eigenvalue weighted by Crippen LogP contribution is 2.10. The summed E-state index contributed by atoms with van der Waals surface area (Å²) in [7, 11) is 0. The minimum absolute atomic E-state index is 0. The first-order valence-electron chi connectivity index (χ1n) is 6.37. The predicted molar refractivity (Wildman–Crippen MR) is 77.5 cm³/mol. The number of carbonyl (C=O) groups is 1. The number of nitrogens with one attached hydrogen (secondary N) is 1. The lowest BCUT2D eigenvalue weighted by Crippen LogP contribution is -2.56. The van der Waals surface area contributed by atoms with E-state index < -0.39 is 0 Å². The second kappa shape index (κ2) is 7.36. The molecule has 0 aliphatic carbocycles. The Bertz CT molecular complexity index is 400. The quantitative estimate of drug-likeness (QED) is 0.907. The summed E-state index contributed by atoms with van der Waals surface area (Å²) in [5.74, 6) is 0. The molecule has 1 aliphatic heterocycles. The van der Waals surface area contributed by atoms with E-state index in [1.165, 1.54) is 0 Å². The van der Waals surface area contributed by atoms with E-state index in [-0.39, 0.29) is 24.5 Å². The molecule has 1 amide bonds. The van der Waals surface area contributed by atoms with Gasteiger partial charge in [0.2, 0.25) is 0 Å². The molecule has 1 aromatic rings. The van der Waals surface area contributed by atoms with Crippen molar-refractivity contribution in [3.05, 3.63) is 35.9 Å². The van der Waals surface area contributed by atoms with Crippen LogP contribution in [0.25, 0.3) is 0 Å². The average molecular weight is 285 g/mol. The minimum Gasteiger partial charge on any atom is -0.445 e. The summed E-state index contributed by atoms with van der Waals surface area (Å²) in [6, 6.07) is 10.3. The fourth-order valence-electron chi connectivity index (χ4n) is 2.08. The van der Waals surface area contributed by atoms with Crippen LogP contribution in [-0.2, 0) is 11.3 Å². The zero-order chi connectivity index (χ0) is 13.0. The second-order valence-corrected chi connectivity index (χ2v) is 4.85. The lowest BCUT2D eigenvalue weighted by molar-refractivity contribution is 0.0686. The Kier molecular flexibility index (Phi) is 6.12. The van der Waals surface area contributed by atoms with E-state index in [2.05, 4.69) is 12.2 Å². The van der Waals surface area contributed by atoms with Crippen molar-refractivity contribution in [2.75, 3.05) is 13.1 Å². The molecule has 0 aromatic heterocycles. The average Bonchev–Trinajstić information content (AvgIpc) is 2.40. The summed E-state index contributed by atoms with van der Waals surface area (Å²) in [5.41, 5.74) is 1.02. The number of carbonyl (C=O) groups excluding carboxylic acids is 1. The number of rotatable bonds is 2. The largest absolute Gasteiger partial charge is 0.445 e.